The Morgan fingerprint density at radius 3 is 1.52 bits per heavy atom. The van der Waals surface area contributed by atoms with Gasteiger partial charge in [-0.3, -0.25) is 33.7 Å². The zero-order valence-electron chi connectivity index (χ0n) is 21.6. The van der Waals surface area contributed by atoms with E-state index < -0.39 is 53.5 Å². The van der Waals surface area contributed by atoms with Crippen LogP contribution in [-0.2, 0) is 62.2 Å². The van der Waals surface area contributed by atoms with Gasteiger partial charge in [-0.1, -0.05) is 0 Å². The van der Waals surface area contributed by atoms with Gasteiger partial charge in [0, 0.05) is 51.0 Å². The van der Waals surface area contributed by atoms with Gasteiger partial charge in [-0.2, -0.15) is 0 Å². The van der Waals surface area contributed by atoms with Gasteiger partial charge in [0.1, 0.15) is 6.10 Å². The van der Waals surface area contributed by atoms with Gasteiger partial charge < -0.3 is 23.9 Å². The number of ether oxygens (including phenoxy) is 3. The number of carbonyl (C=O) groups is 8. The van der Waals surface area contributed by atoms with Crippen molar-refractivity contribution < 1.29 is 62.2 Å². The molecular formula is C24H29N3O13. The lowest BCUT2D eigenvalue weighted by Gasteiger charge is -2.20. The minimum absolute atomic E-state index is 0.0234. The Morgan fingerprint density at radius 1 is 0.675 bits per heavy atom. The standard InChI is InChI=1S/C24H29N3O13/c28-17-2-3-18(29)25(17)10-1-11-38-16(14-36-12-8-23(34)39-26-19(30)4-5-20(26)31)15-37-13-9-24(35)40-27-21(32)6-7-22(27)33/h2-3,16H,1,4-15H2. The number of carbonyl (C=O) groups excluding carboxylic acids is 8. The molecule has 0 bridgehead atoms. The summed E-state index contributed by atoms with van der Waals surface area (Å²) >= 11 is 0. The largest absolute Gasteiger partial charge is 0.378 e. The van der Waals surface area contributed by atoms with Gasteiger partial charge in [-0.05, 0) is 6.42 Å². The van der Waals surface area contributed by atoms with Crippen molar-refractivity contribution in [2.75, 3.05) is 39.6 Å². The maximum atomic E-state index is 11.9. The van der Waals surface area contributed by atoms with Crippen LogP contribution in [0.3, 0.4) is 0 Å². The lowest BCUT2D eigenvalue weighted by molar-refractivity contribution is -0.198. The Hall–Kier alpha value is -4.02. The Balaban J connectivity index is 1.37. The van der Waals surface area contributed by atoms with E-state index in [1.165, 1.54) is 12.2 Å². The van der Waals surface area contributed by atoms with Crippen molar-refractivity contribution >= 4 is 47.4 Å². The number of hydrogen-bond acceptors (Lipinski definition) is 13. The molecule has 0 radical (unpaired) electrons. The van der Waals surface area contributed by atoms with Crippen LogP contribution in [0.2, 0.25) is 0 Å². The molecule has 218 valence electrons. The molecule has 3 aliphatic rings. The van der Waals surface area contributed by atoms with E-state index in [1.54, 1.807) is 0 Å². The van der Waals surface area contributed by atoms with E-state index in [2.05, 4.69) is 0 Å². The first-order valence-corrected chi connectivity index (χ1v) is 12.6. The van der Waals surface area contributed by atoms with Crippen LogP contribution in [0.15, 0.2) is 12.2 Å². The summed E-state index contributed by atoms with van der Waals surface area (Å²) in [7, 11) is 0. The molecule has 0 aliphatic carbocycles. The SMILES string of the molecule is O=C(CCOCC(COCCC(=O)ON1C(=O)CCC1=O)OCCCN1C(=O)C=CC1=O)ON1C(=O)CCC1=O. The monoisotopic (exact) mass is 567 g/mol. The first kappa shape index (κ1) is 30.5. The first-order chi connectivity index (χ1) is 19.2. The second-order valence-corrected chi connectivity index (χ2v) is 8.75. The van der Waals surface area contributed by atoms with Crippen LogP contribution in [0.4, 0.5) is 0 Å². The van der Waals surface area contributed by atoms with E-state index in [4.69, 9.17) is 23.9 Å². The number of hydroxylamine groups is 4. The van der Waals surface area contributed by atoms with Crippen molar-refractivity contribution in [3.63, 3.8) is 0 Å². The van der Waals surface area contributed by atoms with Gasteiger partial charge in [0.2, 0.25) is 0 Å². The van der Waals surface area contributed by atoms with Crippen molar-refractivity contribution in [2.45, 2.75) is 51.0 Å². The first-order valence-electron chi connectivity index (χ1n) is 12.6. The van der Waals surface area contributed by atoms with Gasteiger partial charge in [0.05, 0.1) is 39.3 Å². The van der Waals surface area contributed by atoms with Gasteiger partial charge in [-0.15, -0.1) is 10.1 Å². The molecule has 40 heavy (non-hydrogen) atoms. The average Bonchev–Trinajstić information content (AvgIpc) is 3.53. The number of hydrogen-bond donors (Lipinski definition) is 0. The summed E-state index contributed by atoms with van der Waals surface area (Å²) in [5, 5.41) is 0.877. The summed E-state index contributed by atoms with van der Waals surface area (Å²) in [6.07, 6.45) is 1.39. The van der Waals surface area contributed by atoms with E-state index in [9.17, 15) is 38.4 Å². The van der Waals surface area contributed by atoms with Crippen molar-refractivity contribution in [1.82, 2.24) is 15.0 Å². The van der Waals surface area contributed by atoms with Crippen LogP contribution in [-0.4, -0.2) is 108 Å². The summed E-state index contributed by atoms with van der Waals surface area (Å²) in [5.41, 5.74) is 0. The Morgan fingerprint density at radius 2 is 1.10 bits per heavy atom. The second-order valence-electron chi connectivity index (χ2n) is 8.75. The molecule has 0 spiro atoms. The maximum absolute atomic E-state index is 11.9. The molecule has 0 unspecified atom stereocenters. The number of nitrogens with zero attached hydrogens (tertiary/aromatic N) is 3. The Bertz CT molecular complexity index is 964. The smallest absolute Gasteiger partial charge is 0.335 e. The topological polar surface area (TPSA) is 192 Å². The van der Waals surface area contributed by atoms with E-state index in [0.717, 1.165) is 4.90 Å². The fourth-order valence-electron chi connectivity index (χ4n) is 3.62. The van der Waals surface area contributed by atoms with E-state index >= 15 is 0 Å². The summed E-state index contributed by atoms with van der Waals surface area (Å²) in [4.78, 5) is 104. The van der Waals surface area contributed by atoms with Crippen molar-refractivity contribution in [3.8, 4) is 0 Å². The van der Waals surface area contributed by atoms with Crippen molar-refractivity contribution in [1.29, 1.82) is 0 Å². The lowest BCUT2D eigenvalue weighted by atomic mass is 10.3. The predicted molar refractivity (Wildman–Crippen MR) is 125 cm³/mol. The minimum Gasteiger partial charge on any atom is -0.378 e. The van der Waals surface area contributed by atoms with Gasteiger partial charge in [0.15, 0.2) is 0 Å². The van der Waals surface area contributed by atoms with E-state index in [0.29, 0.717) is 16.5 Å². The molecule has 6 amide bonds. The van der Waals surface area contributed by atoms with Gasteiger partial charge in [0.25, 0.3) is 35.4 Å². The van der Waals surface area contributed by atoms with Crippen LogP contribution >= 0.6 is 0 Å². The van der Waals surface area contributed by atoms with Crippen molar-refractivity contribution in [3.05, 3.63) is 12.2 Å². The van der Waals surface area contributed by atoms with Crippen molar-refractivity contribution in [2.24, 2.45) is 0 Å². The minimum atomic E-state index is -0.834. The Labute approximate surface area is 227 Å². The zero-order valence-corrected chi connectivity index (χ0v) is 21.6. The molecule has 2 fully saturated rings. The molecule has 2 saturated heterocycles. The van der Waals surface area contributed by atoms with Crippen LogP contribution in [0, 0.1) is 0 Å². The normalized spacial score (nSPS) is 17.3. The average molecular weight is 568 g/mol. The van der Waals surface area contributed by atoms with Crippen LogP contribution < -0.4 is 0 Å². The predicted octanol–water partition coefficient (Wildman–Crippen LogP) is -1.29. The quantitative estimate of drug-likeness (QED) is 0.149. The molecule has 16 heteroatoms. The van der Waals surface area contributed by atoms with Crippen LogP contribution in [0.1, 0.15) is 44.9 Å². The van der Waals surface area contributed by atoms with E-state index in [-0.39, 0.29) is 78.1 Å². The zero-order chi connectivity index (χ0) is 29.1. The Kier molecular flexibility index (Phi) is 11.4. The fourth-order valence-corrected chi connectivity index (χ4v) is 3.62. The molecule has 0 saturated carbocycles. The summed E-state index contributed by atoms with van der Waals surface area (Å²) in [5.74, 6) is -4.89. The molecule has 3 heterocycles. The molecule has 0 aromatic heterocycles. The molecule has 16 nitrogen and oxygen atoms in total. The highest BCUT2D eigenvalue weighted by molar-refractivity contribution is 6.12. The number of imide groups is 3. The molecule has 0 aromatic rings. The molecule has 3 aliphatic heterocycles. The fraction of sp³-hybridized carbons (Fsp3) is 0.583. The van der Waals surface area contributed by atoms with E-state index in [1.807, 2.05) is 0 Å². The van der Waals surface area contributed by atoms with Gasteiger partial charge >= 0.3 is 11.9 Å². The second kappa shape index (κ2) is 14.9. The molecule has 0 atom stereocenters. The third-order valence-corrected chi connectivity index (χ3v) is 5.69. The summed E-state index contributed by atoms with van der Waals surface area (Å²) < 4.78 is 16.6. The highest BCUT2D eigenvalue weighted by Gasteiger charge is 2.33. The number of rotatable bonds is 17. The summed E-state index contributed by atoms with van der Waals surface area (Å²) in [6.45, 7) is -0.100. The highest BCUT2D eigenvalue weighted by atomic mass is 16.7. The van der Waals surface area contributed by atoms with Crippen LogP contribution in [0.25, 0.3) is 0 Å². The number of amides is 6. The van der Waals surface area contributed by atoms with Gasteiger partial charge in [-0.25, -0.2) is 9.59 Å². The van der Waals surface area contributed by atoms with Crippen LogP contribution in [0.5, 0.6) is 0 Å². The molecule has 0 aromatic carbocycles. The molecular weight excluding hydrogens is 538 g/mol. The summed E-state index contributed by atoms with van der Waals surface area (Å²) in [6, 6.07) is 0. The third kappa shape index (κ3) is 9.03. The highest BCUT2D eigenvalue weighted by Crippen LogP contribution is 2.14. The lowest BCUT2D eigenvalue weighted by Crippen LogP contribution is -2.33. The third-order valence-electron chi connectivity index (χ3n) is 5.69. The molecule has 0 N–H and O–H groups in total. The molecule has 3 rings (SSSR count). The maximum Gasteiger partial charge on any atom is 0.335 e.